The Morgan fingerprint density at radius 1 is 1.19 bits per heavy atom. The molecule has 1 aliphatic rings. The van der Waals surface area contributed by atoms with Crippen molar-refractivity contribution in [3.8, 4) is 5.75 Å². The van der Waals surface area contributed by atoms with E-state index in [0.29, 0.717) is 33.2 Å². The van der Waals surface area contributed by atoms with E-state index in [9.17, 15) is 9.90 Å². The molecule has 0 unspecified atom stereocenters. The lowest BCUT2D eigenvalue weighted by Gasteiger charge is -2.30. The lowest BCUT2D eigenvalue weighted by atomic mass is 9.89. The molecule has 1 N–H and O–H groups in total. The molecule has 0 saturated carbocycles. The molecule has 2 aromatic heterocycles. The van der Waals surface area contributed by atoms with E-state index in [-0.39, 0.29) is 18.4 Å². The number of phenolic OH excluding ortho intramolecular Hbond substituents is 1. The summed E-state index contributed by atoms with van der Waals surface area (Å²) in [5.74, 6) is 0.216. The van der Waals surface area contributed by atoms with Crippen LogP contribution in [0.5, 0.6) is 5.75 Å². The van der Waals surface area contributed by atoms with Crippen LogP contribution in [0.1, 0.15) is 53.1 Å². The van der Waals surface area contributed by atoms with Crippen molar-refractivity contribution in [2.24, 2.45) is 0 Å². The summed E-state index contributed by atoms with van der Waals surface area (Å²) in [6, 6.07) is 11.3. The molecule has 0 aliphatic carbocycles. The molecule has 5 rings (SSSR count). The highest BCUT2D eigenvalue weighted by Gasteiger charge is 2.34. The largest absolute Gasteiger partial charge is 0.507 e. The Kier molecular flexibility index (Phi) is 5.31. The van der Waals surface area contributed by atoms with Crippen molar-refractivity contribution in [1.82, 2.24) is 9.88 Å². The highest BCUT2D eigenvalue weighted by Crippen LogP contribution is 2.47. The van der Waals surface area contributed by atoms with Crippen molar-refractivity contribution in [2.75, 3.05) is 19.7 Å². The van der Waals surface area contributed by atoms with Crippen molar-refractivity contribution in [3.05, 3.63) is 71.2 Å². The van der Waals surface area contributed by atoms with Crippen molar-refractivity contribution in [2.45, 2.75) is 32.7 Å². The number of esters is 1. The van der Waals surface area contributed by atoms with Gasteiger partial charge in [0.25, 0.3) is 0 Å². The first-order valence-corrected chi connectivity index (χ1v) is 11.1. The van der Waals surface area contributed by atoms with Gasteiger partial charge in [-0.15, -0.1) is 0 Å². The van der Waals surface area contributed by atoms with Gasteiger partial charge in [0.1, 0.15) is 22.7 Å². The summed E-state index contributed by atoms with van der Waals surface area (Å²) in [4.78, 5) is 19.7. The summed E-state index contributed by atoms with van der Waals surface area (Å²) in [5.41, 5.74) is 2.62. The molecule has 1 fully saturated rings. The fraction of sp³-hybridized carbons (Fsp3) is 0.308. The van der Waals surface area contributed by atoms with Gasteiger partial charge in [-0.05, 0) is 51.4 Å². The van der Waals surface area contributed by atoms with E-state index in [2.05, 4.69) is 9.88 Å². The zero-order valence-corrected chi connectivity index (χ0v) is 18.3. The number of ether oxygens (including phenoxy) is 1. The Bertz CT molecular complexity index is 1290. The summed E-state index contributed by atoms with van der Waals surface area (Å²) < 4.78 is 11.6. The minimum Gasteiger partial charge on any atom is -0.507 e. The molecule has 1 atom stereocenters. The van der Waals surface area contributed by atoms with Crippen LogP contribution in [0.15, 0.2) is 53.2 Å². The van der Waals surface area contributed by atoms with Crippen LogP contribution in [-0.4, -0.2) is 40.7 Å². The quantitative estimate of drug-likeness (QED) is 0.430. The zero-order chi connectivity index (χ0) is 22.2. The molecule has 1 saturated heterocycles. The molecule has 0 radical (unpaired) electrons. The van der Waals surface area contributed by atoms with Crippen molar-refractivity contribution in [1.29, 1.82) is 0 Å². The molecule has 6 nitrogen and oxygen atoms in total. The molecule has 4 aromatic rings. The minimum absolute atomic E-state index is 0.167. The second-order valence-corrected chi connectivity index (χ2v) is 8.20. The third-order valence-corrected chi connectivity index (χ3v) is 6.29. The van der Waals surface area contributed by atoms with Gasteiger partial charge in [-0.2, -0.15) is 0 Å². The summed E-state index contributed by atoms with van der Waals surface area (Å²) in [7, 11) is 0. The lowest BCUT2D eigenvalue weighted by Crippen LogP contribution is -2.27. The van der Waals surface area contributed by atoms with Crippen molar-refractivity contribution in [3.63, 3.8) is 0 Å². The Hall–Kier alpha value is -3.38. The number of aryl methyl sites for hydroxylation is 1. The Balaban J connectivity index is 1.91. The predicted molar refractivity (Wildman–Crippen MR) is 123 cm³/mol. The number of likely N-dealkylation sites (tertiary alicyclic amines) is 1. The monoisotopic (exact) mass is 430 g/mol. The average Bonchev–Trinajstić information content (AvgIpc) is 3.45. The molecule has 2 aromatic carbocycles. The summed E-state index contributed by atoms with van der Waals surface area (Å²) in [6.45, 7) is 5.62. The van der Waals surface area contributed by atoms with Crippen molar-refractivity contribution < 1.29 is 19.1 Å². The number of furan rings is 1. The van der Waals surface area contributed by atoms with Gasteiger partial charge in [-0.1, -0.05) is 30.3 Å². The van der Waals surface area contributed by atoms with Gasteiger partial charge in [-0.25, -0.2) is 4.79 Å². The number of nitrogens with zero attached hydrogens (tertiary/aromatic N) is 2. The van der Waals surface area contributed by atoms with Gasteiger partial charge in [0, 0.05) is 34.1 Å². The zero-order valence-electron chi connectivity index (χ0n) is 18.3. The normalized spacial score (nSPS) is 15.4. The van der Waals surface area contributed by atoms with E-state index in [4.69, 9.17) is 9.15 Å². The topological polar surface area (TPSA) is 75.8 Å². The Morgan fingerprint density at radius 3 is 2.62 bits per heavy atom. The molecule has 164 valence electrons. The van der Waals surface area contributed by atoms with Crippen molar-refractivity contribution >= 4 is 27.7 Å². The summed E-state index contributed by atoms with van der Waals surface area (Å²) in [6.07, 6.45) is 5.75. The van der Waals surface area contributed by atoms with Gasteiger partial charge < -0.3 is 14.3 Å². The number of aromatic hydroxyl groups is 1. The molecule has 3 heterocycles. The molecule has 0 bridgehead atoms. The smallest absolute Gasteiger partial charge is 0.342 e. The fourth-order valence-electron chi connectivity index (χ4n) is 4.96. The highest BCUT2D eigenvalue weighted by atomic mass is 16.5. The Labute approximate surface area is 186 Å². The van der Waals surface area contributed by atoms with E-state index in [1.807, 2.05) is 42.6 Å². The average molecular weight is 431 g/mol. The number of hydrogen-bond acceptors (Lipinski definition) is 6. The third-order valence-electron chi connectivity index (χ3n) is 6.29. The molecule has 6 heteroatoms. The predicted octanol–water partition coefficient (Wildman–Crippen LogP) is 5.36. The van der Waals surface area contributed by atoms with E-state index in [0.717, 1.165) is 36.9 Å². The van der Waals surface area contributed by atoms with E-state index < -0.39 is 5.97 Å². The van der Waals surface area contributed by atoms with Gasteiger partial charge in [-0.3, -0.25) is 9.88 Å². The second-order valence-electron chi connectivity index (χ2n) is 8.20. The first kappa shape index (κ1) is 20.5. The maximum atomic E-state index is 13.0. The molecular formula is C26H26N2O4. The Morgan fingerprint density at radius 2 is 1.94 bits per heavy atom. The summed E-state index contributed by atoms with van der Waals surface area (Å²) >= 11 is 0. The van der Waals surface area contributed by atoms with Crippen LogP contribution in [0.3, 0.4) is 0 Å². The number of carbonyl (C=O) groups excluding carboxylic acids is 1. The minimum atomic E-state index is -0.439. The molecule has 32 heavy (non-hydrogen) atoms. The maximum absolute atomic E-state index is 13.0. The first-order valence-electron chi connectivity index (χ1n) is 11.1. The first-order chi connectivity index (χ1) is 15.6. The number of fused-ring (bicyclic) bond motifs is 3. The highest BCUT2D eigenvalue weighted by molar-refractivity contribution is 6.16. The number of phenols is 1. The molecular weight excluding hydrogens is 404 g/mol. The van der Waals surface area contributed by atoms with Crippen LogP contribution in [-0.2, 0) is 4.74 Å². The van der Waals surface area contributed by atoms with Gasteiger partial charge in [0.05, 0.1) is 12.6 Å². The van der Waals surface area contributed by atoms with E-state index in [1.165, 1.54) is 0 Å². The molecule has 0 amide bonds. The van der Waals surface area contributed by atoms with Crippen LogP contribution in [0, 0.1) is 6.92 Å². The van der Waals surface area contributed by atoms with Crippen LogP contribution in [0.4, 0.5) is 0 Å². The number of benzene rings is 2. The van der Waals surface area contributed by atoms with E-state index >= 15 is 0 Å². The van der Waals surface area contributed by atoms with Crippen LogP contribution >= 0.6 is 0 Å². The SMILES string of the molecule is CCOC(=O)c1c(C)oc2c1c([C@@H](c1cccnc1)N1CCCC1)c(O)c1ccccc12. The van der Waals surface area contributed by atoms with Gasteiger partial charge in [0.2, 0.25) is 0 Å². The van der Waals surface area contributed by atoms with E-state index in [1.54, 1.807) is 20.0 Å². The second kappa shape index (κ2) is 8.28. The number of pyridine rings is 1. The van der Waals surface area contributed by atoms with Gasteiger partial charge >= 0.3 is 5.97 Å². The standard InChI is InChI=1S/C26H26N2O4/c1-3-31-26(30)20-16(2)32-25-19-11-5-4-10-18(19)24(29)22(21(20)25)23(28-13-6-7-14-28)17-9-8-12-27-15-17/h4-5,8-12,15,23,29H,3,6-7,13-14H2,1-2H3/t23-/m1/s1. The number of rotatable bonds is 5. The van der Waals surface area contributed by atoms with Crippen LogP contribution in [0.2, 0.25) is 0 Å². The van der Waals surface area contributed by atoms with Crippen LogP contribution < -0.4 is 0 Å². The number of hydrogen-bond donors (Lipinski definition) is 1. The molecule has 0 spiro atoms. The lowest BCUT2D eigenvalue weighted by molar-refractivity contribution is 0.0526. The number of aromatic nitrogens is 1. The fourth-order valence-corrected chi connectivity index (χ4v) is 4.96. The maximum Gasteiger partial charge on any atom is 0.342 e. The third kappa shape index (κ3) is 3.22. The summed E-state index contributed by atoms with van der Waals surface area (Å²) in [5, 5.41) is 13.7. The molecule has 1 aliphatic heterocycles. The number of carbonyl (C=O) groups is 1. The van der Waals surface area contributed by atoms with Gasteiger partial charge in [0.15, 0.2) is 0 Å². The van der Waals surface area contributed by atoms with Crippen LogP contribution in [0.25, 0.3) is 21.7 Å².